The van der Waals surface area contributed by atoms with Crippen LogP contribution in [0.4, 0.5) is 13.2 Å². The minimum Gasteiger partial charge on any atom is -0.372 e. The third-order valence-electron chi connectivity index (χ3n) is 2.22. The molecule has 2 nitrogen and oxygen atoms in total. The largest absolute Gasteiger partial charge is 0.411 e. The van der Waals surface area contributed by atoms with Crippen LogP contribution < -0.4 is 5.32 Å². The van der Waals surface area contributed by atoms with Gasteiger partial charge in [0.25, 0.3) is 0 Å². The first kappa shape index (κ1) is 16.4. The van der Waals surface area contributed by atoms with Gasteiger partial charge in [0.2, 0.25) is 0 Å². The van der Waals surface area contributed by atoms with Gasteiger partial charge in [-0.2, -0.15) is 13.2 Å². The van der Waals surface area contributed by atoms with E-state index in [0.717, 1.165) is 13.1 Å². The number of halogens is 5. The monoisotopic (exact) mass is 409 g/mol. The molecule has 1 atom stereocenters. The van der Waals surface area contributed by atoms with Crippen molar-refractivity contribution < 1.29 is 17.9 Å². The van der Waals surface area contributed by atoms with Gasteiger partial charge >= 0.3 is 6.18 Å². The van der Waals surface area contributed by atoms with Crippen molar-refractivity contribution in [2.45, 2.75) is 18.6 Å². The predicted molar refractivity (Wildman–Crippen MR) is 73.0 cm³/mol. The van der Waals surface area contributed by atoms with Crippen LogP contribution in [-0.4, -0.2) is 26.4 Å². The number of hydrogen-bond donors (Lipinski definition) is 1. The minimum absolute atomic E-state index is 0.0323. The van der Waals surface area contributed by atoms with Crippen LogP contribution in [0, 0.1) is 0 Å². The van der Waals surface area contributed by atoms with E-state index in [0.29, 0.717) is 6.42 Å². The summed E-state index contributed by atoms with van der Waals surface area (Å²) in [7, 11) is 1.77. The molecule has 0 bridgehead atoms. The van der Waals surface area contributed by atoms with Crippen molar-refractivity contribution in [3.05, 3.63) is 19.2 Å². The van der Waals surface area contributed by atoms with E-state index in [2.05, 4.69) is 41.9 Å². The Morgan fingerprint density at radius 1 is 1.44 bits per heavy atom. The van der Waals surface area contributed by atoms with Crippen molar-refractivity contribution in [1.82, 2.24) is 5.32 Å². The number of hydrogen-bond acceptors (Lipinski definition) is 3. The third kappa shape index (κ3) is 5.56. The van der Waals surface area contributed by atoms with Crippen LogP contribution >= 0.6 is 43.2 Å². The standard InChI is InChI=1S/C10H12Br2F3NOS/c1-16-7(2-3-17-5-10(13,14)15)6-4-8(11)18-9(6)12/h4,7,16H,2-3,5H2,1H3. The second-order valence-electron chi connectivity index (χ2n) is 3.58. The van der Waals surface area contributed by atoms with Gasteiger partial charge in [-0.25, -0.2) is 0 Å². The van der Waals surface area contributed by atoms with E-state index in [-0.39, 0.29) is 12.6 Å². The Morgan fingerprint density at radius 2 is 2.11 bits per heavy atom. The smallest absolute Gasteiger partial charge is 0.372 e. The summed E-state index contributed by atoms with van der Waals surface area (Å²) in [6.07, 6.45) is -3.78. The van der Waals surface area contributed by atoms with Gasteiger partial charge in [-0.3, -0.25) is 0 Å². The van der Waals surface area contributed by atoms with Gasteiger partial charge in [0.15, 0.2) is 0 Å². The van der Waals surface area contributed by atoms with Crippen molar-refractivity contribution >= 4 is 43.2 Å². The van der Waals surface area contributed by atoms with Gasteiger partial charge in [0.1, 0.15) is 6.61 Å². The molecule has 104 valence electrons. The summed E-state index contributed by atoms with van der Waals surface area (Å²) in [5, 5.41) is 3.06. The molecule has 1 rings (SSSR count). The highest BCUT2D eigenvalue weighted by atomic mass is 79.9. The molecule has 1 aromatic heterocycles. The van der Waals surface area contributed by atoms with Gasteiger partial charge in [0, 0.05) is 12.6 Å². The summed E-state index contributed by atoms with van der Waals surface area (Å²) in [6.45, 7) is -1.14. The first-order chi connectivity index (χ1) is 8.33. The maximum Gasteiger partial charge on any atom is 0.411 e. The summed E-state index contributed by atoms with van der Waals surface area (Å²) in [6, 6.07) is 1.91. The van der Waals surface area contributed by atoms with E-state index in [1.807, 2.05) is 6.07 Å². The van der Waals surface area contributed by atoms with Crippen LogP contribution in [0.2, 0.25) is 0 Å². The molecule has 0 radical (unpaired) electrons. The molecular weight excluding hydrogens is 399 g/mol. The van der Waals surface area contributed by atoms with E-state index >= 15 is 0 Å². The van der Waals surface area contributed by atoms with E-state index in [1.54, 1.807) is 7.05 Å². The normalized spacial score (nSPS) is 13.9. The Kier molecular flexibility index (Phi) is 6.60. The van der Waals surface area contributed by atoms with Crippen molar-refractivity contribution in [2.75, 3.05) is 20.3 Å². The maximum atomic E-state index is 11.9. The molecule has 1 aromatic rings. The fourth-order valence-corrected chi connectivity index (χ4v) is 4.41. The molecule has 0 aliphatic heterocycles. The van der Waals surface area contributed by atoms with Gasteiger partial charge < -0.3 is 10.1 Å². The van der Waals surface area contributed by atoms with Gasteiger partial charge in [-0.05, 0) is 57.0 Å². The third-order valence-corrected chi connectivity index (χ3v) is 4.61. The zero-order valence-electron chi connectivity index (χ0n) is 9.48. The van der Waals surface area contributed by atoms with E-state index in [4.69, 9.17) is 0 Å². The quantitative estimate of drug-likeness (QED) is 0.697. The predicted octanol–water partition coefficient (Wildman–Crippen LogP) is 4.50. The first-order valence-electron chi connectivity index (χ1n) is 5.10. The molecule has 0 saturated carbocycles. The molecule has 0 spiro atoms. The van der Waals surface area contributed by atoms with Crippen molar-refractivity contribution in [1.29, 1.82) is 0 Å². The molecule has 0 aliphatic rings. The lowest BCUT2D eigenvalue weighted by atomic mass is 10.1. The molecule has 8 heteroatoms. The lowest BCUT2D eigenvalue weighted by Crippen LogP contribution is -2.21. The Labute approximate surface area is 124 Å². The second kappa shape index (κ2) is 7.23. The lowest BCUT2D eigenvalue weighted by Gasteiger charge is -2.16. The molecule has 1 unspecified atom stereocenters. The summed E-state index contributed by atoms with van der Waals surface area (Å²) in [4.78, 5) is 0. The molecule has 1 heterocycles. The van der Waals surface area contributed by atoms with Crippen LogP contribution in [0.25, 0.3) is 0 Å². The van der Waals surface area contributed by atoms with Crippen molar-refractivity contribution in [2.24, 2.45) is 0 Å². The topological polar surface area (TPSA) is 21.3 Å². The van der Waals surface area contributed by atoms with E-state index < -0.39 is 12.8 Å². The number of rotatable bonds is 6. The average Bonchev–Trinajstić information content (AvgIpc) is 2.56. The summed E-state index contributed by atoms with van der Waals surface area (Å²) >= 11 is 8.33. The maximum absolute atomic E-state index is 11.9. The summed E-state index contributed by atoms with van der Waals surface area (Å²) in [5.41, 5.74) is 1.02. The highest BCUT2D eigenvalue weighted by Crippen LogP contribution is 2.36. The summed E-state index contributed by atoms with van der Waals surface area (Å²) in [5.74, 6) is 0. The zero-order valence-corrected chi connectivity index (χ0v) is 13.5. The minimum atomic E-state index is -4.26. The Morgan fingerprint density at radius 3 is 2.56 bits per heavy atom. The van der Waals surface area contributed by atoms with Crippen LogP contribution in [-0.2, 0) is 4.74 Å². The highest BCUT2D eigenvalue weighted by Gasteiger charge is 2.27. The van der Waals surface area contributed by atoms with Crippen LogP contribution in [0.1, 0.15) is 18.0 Å². The van der Waals surface area contributed by atoms with Crippen molar-refractivity contribution in [3.63, 3.8) is 0 Å². The molecule has 0 saturated heterocycles. The Bertz CT molecular complexity index is 384. The fourth-order valence-electron chi connectivity index (χ4n) is 1.43. The molecule has 18 heavy (non-hydrogen) atoms. The van der Waals surface area contributed by atoms with E-state index in [9.17, 15) is 13.2 Å². The molecule has 0 aromatic carbocycles. The van der Waals surface area contributed by atoms with Crippen LogP contribution in [0.3, 0.4) is 0 Å². The molecule has 0 fully saturated rings. The average molecular weight is 411 g/mol. The number of ether oxygens (including phenoxy) is 1. The number of nitrogens with one attached hydrogen (secondary N) is 1. The molecule has 0 amide bonds. The lowest BCUT2D eigenvalue weighted by molar-refractivity contribution is -0.174. The molecular formula is C10H12Br2F3NOS. The molecule has 1 N–H and O–H groups in total. The fraction of sp³-hybridized carbons (Fsp3) is 0.600. The zero-order chi connectivity index (χ0) is 13.8. The number of alkyl halides is 3. The van der Waals surface area contributed by atoms with Crippen molar-refractivity contribution in [3.8, 4) is 0 Å². The Hall–Kier alpha value is 0.370. The SMILES string of the molecule is CNC(CCOCC(F)(F)F)c1cc(Br)sc1Br. The summed E-state index contributed by atoms with van der Waals surface area (Å²) < 4.78 is 42.2. The van der Waals surface area contributed by atoms with Gasteiger partial charge in [-0.15, -0.1) is 11.3 Å². The molecule has 0 aliphatic carbocycles. The van der Waals surface area contributed by atoms with Crippen LogP contribution in [0.15, 0.2) is 13.6 Å². The first-order valence-corrected chi connectivity index (χ1v) is 7.50. The van der Waals surface area contributed by atoms with Gasteiger partial charge in [-0.1, -0.05) is 0 Å². The second-order valence-corrected chi connectivity index (χ2v) is 7.33. The highest BCUT2D eigenvalue weighted by molar-refractivity contribution is 9.12. The van der Waals surface area contributed by atoms with Gasteiger partial charge in [0.05, 0.1) is 7.57 Å². The number of thiophene rings is 1. The van der Waals surface area contributed by atoms with Crippen LogP contribution in [0.5, 0.6) is 0 Å². The Balaban J connectivity index is 2.46. The van der Waals surface area contributed by atoms with E-state index in [1.165, 1.54) is 11.3 Å².